The van der Waals surface area contributed by atoms with E-state index < -0.39 is 0 Å². The summed E-state index contributed by atoms with van der Waals surface area (Å²) in [5, 5.41) is 0. The van der Waals surface area contributed by atoms with E-state index in [2.05, 4.69) is 221 Å². The molecule has 0 aliphatic carbocycles. The molecule has 3 heteroatoms. The van der Waals surface area contributed by atoms with Gasteiger partial charge in [-0.05, 0) is 104 Å². The molecule has 2 aliphatic rings. The van der Waals surface area contributed by atoms with Gasteiger partial charge in [-0.2, -0.15) is 0 Å². The first-order valence-electron chi connectivity index (χ1n) is 19.3. The molecule has 0 fully saturated rings. The van der Waals surface area contributed by atoms with E-state index in [1.54, 1.807) is 0 Å². The van der Waals surface area contributed by atoms with Gasteiger partial charge in [0.2, 0.25) is 0 Å². The zero-order valence-electron chi connectivity index (χ0n) is 32.2. The lowest BCUT2D eigenvalue weighted by Gasteiger charge is -2.44. The molecule has 0 spiro atoms. The Bertz CT molecular complexity index is 2290. The van der Waals surface area contributed by atoms with E-state index in [1.807, 2.05) is 0 Å². The van der Waals surface area contributed by atoms with Gasteiger partial charge in [0.15, 0.2) is 0 Å². The van der Waals surface area contributed by atoms with Crippen LogP contribution in [0.5, 0.6) is 0 Å². The molecule has 0 amide bonds. The second-order valence-electron chi connectivity index (χ2n) is 17.0. The highest BCUT2D eigenvalue weighted by molar-refractivity contribution is 7.00. The standard InChI is InChI=1S/C51H47BN2/c1-50(2,3)38-29-25-35(26-30-38)48(36-27-31-39(32-28-36)51(4,5)6)37-33-46-49-47(34-37)54(41-19-11-8-12-20-41)45-24-16-14-22-43(45)52(49)42-21-13-15-23-44(42)53(46)40-17-9-7-10-18-40/h7-34,48H,1-6H3. The third-order valence-electron chi connectivity index (χ3n) is 11.5. The van der Waals surface area contributed by atoms with E-state index in [0.29, 0.717) is 0 Å². The van der Waals surface area contributed by atoms with E-state index in [1.165, 1.54) is 67.0 Å². The summed E-state index contributed by atoms with van der Waals surface area (Å²) in [5.41, 5.74) is 17.9. The lowest BCUT2D eigenvalue weighted by molar-refractivity contribution is 0.589. The average molecular weight is 699 g/mol. The molecule has 0 saturated heterocycles. The lowest BCUT2D eigenvalue weighted by Crippen LogP contribution is -2.61. The summed E-state index contributed by atoms with van der Waals surface area (Å²) < 4.78 is 0. The molecule has 0 aromatic heterocycles. The zero-order chi connectivity index (χ0) is 37.2. The molecular weight excluding hydrogens is 651 g/mol. The van der Waals surface area contributed by atoms with Crippen molar-refractivity contribution in [2.45, 2.75) is 58.3 Å². The summed E-state index contributed by atoms with van der Waals surface area (Å²) in [6, 6.07) is 63.7. The molecule has 7 aromatic rings. The third-order valence-corrected chi connectivity index (χ3v) is 11.5. The molecule has 0 saturated carbocycles. The molecule has 264 valence electrons. The van der Waals surface area contributed by atoms with Crippen molar-refractivity contribution in [3.05, 3.63) is 198 Å². The van der Waals surface area contributed by atoms with E-state index >= 15 is 0 Å². The Kier molecular flexibility index (Phi) is 8.16. The number of rotatable bonds is 5. The van der Waals surface area contributed by atoms with E-state index in [4.69, 9.17) is 0 Å². The maximum absolute atomic E-state index is 2.51. The van der Waals surface area contributed by atoms with Crippen LogP contribution in [-0.2, 0) is 10.8 Å². The van der Waals surface area contributed by atoms with Crippen LogP contribution in [0.4, 0.5) is 34.1 Å². The van der Waals surface area contributed by atoms with Gasteiger partial charge in [-0.1, -0.05) is 163 Å². The quantitative estimate of drug-likeness (QED) is 0.130. The third kappa shape index (κ3) is 5.74. The molecule has 0 atom stereocenters. The second kappa shape index (κ2) is 13.0. The van der Waals surface area contributed by atoms with Crippen molar-refractivity contribution >= 4 is 57.2 Å². The first-order valence-corrected chi connectivity index (χ1v) is 19.3. The largest absolute Gasteiger partial charge is 0.311 e. The highest BCUT2D eigenvalue weighted by Gasteiger charge is 2.43. The van der Waals surface area contributed by atoms with Gasteiger partial charge in [0, 0.05) is 40.0 Å². The summed E-state index contributed by atoms with van der Waals surface area (Å²) in [4.78, 5) is 5.02. The molecule has 0 radical (unpaired) electrons. The van der Waals surface area contributed by atoms with Crippen LogP contribution in [0.1, 0.15) is 75.3 Å². The van der Waals surface area contributed by atoms with Crippen molar-refractivity contribution in [2.75, 3.05) is 9.80 Å². The first kappa shape index (κ1) is 34.0. The summed E-state index contributed by atoms with van der Waals surface area (Å²) in [7, 11) is 0. The average Bonchev–Trinajstić information content (AvgIpc) is 3.18. The van der Waals surface area contributed by atoms with Gasteiger partial charge in [-0.25, -0.2) is 0 Å². The van der Waals surface area contributed by atoms with Crippen LogP contribution in [0.2, 0.25) is 0 Å². The van der Waals surface area contributed by atoms with Gasteiger partial charge in [0.25, 0.3) is 6.71 Å². The Morgan fingerprint density at radius 1 is 0.389 bits per heavy atom. The van der Waals surface area contributed by atoms with Gasteiger partial charge >= 0.3 is 0 Å². The summed E-state index contributed by atoms with van der Waals surface area (Å²) in [6.07, 6.45) is 0. The molecular formula is C51H47BN2. The number of benzene rings is 7. The lowest BCUT2D eigenvalue weighted by atomic mass is 9.33. The molecule has 2 nitrogen and oxygen atoms in total. The van der Waals surface area contributed by atoms with Crippen molar-refractivity contribution in [1.82, 2.24) is 0 Å². The molecule has 0 unspecified atom stereocenters. The topological polar surface area (TPSA) is 6.48 Å². The van der Waals surface area contributed by atoms with Gasteiger partial charge in [0.05, 0.1) is 0 Å². The van der Waals surface area contributed by atoms with Crippen molar-refractivity contribution in [3.63, 3.8) is 0 Å². The Morgan fingerprint density at radius 3 is 1.15 bits per heavy atom. The van der Waals surface area contributed by atoms with Crippen LogP contribution in [0, 0.1) is 0 Å². The monoisotopic (exact) mass is 698 g/mol. The van der Waals surface area contributed by atoms with Crippen LogP contribution in [-0.4, -0.2) is 6.71 Å². The van der Waals surface area contributed by atoms with E-state index in [9.17, 15) is 0 Å². The van der Waals surface area contributed by atoms with E-state index in [0.717, 1.165) is 11.4 Å². The molecule has 7 aromatic carbocycles. The van der Waals surface area contributed by atoms with Crippen molar-refractivity contribution < 1.29 is 0 Å². The fourth-order valence-electron chi connectivity index (χ4n) is 8.72. The van der Waals surface area contributed by atoms with Gasteiger partial charge < -0.3 is 9.80 Å². The number of hydrogen-bond acceptors (Lipinski definition) is 2. The predicted octanol–water partition coefficient (Wildman–Crippen LogP) is 11.5. The Hall–Kier alpha value is -5.80. The molecule has 54 heavy (non-hydrogen) atoms. The molecule has 0 bridgehead atoms. The molecule has 0 N–H and O–H groups in total. The van der Waals surface area contributed by atoms with Crippen molar-refractivity contribution in [3.8, 4) is 0 Å². The Balaban J connectivity index is 1.37. The number of para-hydroxylation sites is 4. The minimum absolute atomic E-state index is 0.0117. The Labute approximate surface area is 321 Å². The minimum Gasteiger partial charge on any atom is -0.311 e. The maximum atomic E-state index is 2.51. The van der Waals surface area contributed by atoms with Gasteiger partial charge in [-0.15, -0.1) is 0 Å². The molecule has 2 heterocycles. The second-order valence-corrected chi connectivity index (χ2v) is 17.0. The van der Waals surface area contributed by atoms with Crippen LogP contribution >= 0.6 is 0 Å². The van der Waals surface area contributed by atoms with Crippen LogP contribution in [0.25, 0.3) is 0 Å². The number of fused-ring (bicyclic) bond motifs is 4. The number of nitrogens with zero attached hydrogens (tertiary/aromatic N) is 2. The van der Waals surface area contributed by atoms with Gasteiger partial charge in [-0.3, -0.25) is 0 Å². The van der Waals surface area contributed by atoms with Crippen LogP contribution in [0.3, 0.4) is 0 Å². The van der Waals surface area contributed by atoms with Crippen LogP contribution in [0.15, 0.2) is 170 Å². The minimum atomic E-state index is 0.0117. The van der Waals surface area contributed by atoms with Gasteiger partial charge in [0.1, 0.15) is 0 Å². The summed E-state index contributed by atoms with van der Waals surface area (Å²) in [5.74, 6) is 0.0117. The molecule has 9 rings (SSSR count). The smallest absolute Gasteiger partial charge is 0.252 e. The summed E-state index contributed by atoms with van der Waals surface area (Å²) in [6.45, 7) is 13.8. The summed E-state index contributed by atoms with van der Waals surface area (Å²) >= 11 is 0. The Morgan fingerprint density at radius 2 is 0.759 bits per heavy atom. The first-order chi connectivity index (χ1) is 26.1. The number of hydrogen-bond donors (Lipinski definition) is 0. The van der Waals surface area contributed by atoms with Crippen molar-refractivity contribution in [2.24, 2.45) is 0 Å². The maximum Gasteiger partial charge on any atom is 0.252 e. The SMILES string of the molecule is CC(C)(C)c1ccc(C(c2ccc(C(C)(C)C)cc2)c2cc3c4c(c2)N(c2ccccc2)c2ccccc2B4c2ccccc2N3c2ccccc2)cc1. The highest BCUT2D eigenvalue weighted by atomic mass is 15.2. The molecule has 2 aliphatic heterocycles. The van der Waals surface area contributed by atoms with E-state index in [-0.39, 0.29) is 23.5 Å². The van der Waals surface area contributed by atoms with Crippen LogP contribution < -0.4 is 26.2 Å². The normalized spacial score (nSPS) is 13.4. The fraction of sp³-hybridized carbons (Fsp3) is 0.176. The van der Waals surface area contributed by atoms with Crippen molar-refractivity contribution in [1.29, 1.82) is 0 Å². The fourth-order valence-corrected chi connectivity index (χ4v) is 8.72. The number of anilines is 6. The predicted molar refractivity (Wildman–Crippen MR) is 232 cm³/mol. The zero-order valence-corrected chi connectivity index (χ0v) is 32.2. The highest BCUT2D eigenvalue weighted by Crippen LogP contribution is 2.47.